The maximum atomic E-state index is 12.8. The minimum Gasteiger partial charge on any atom is -0.476 e. The number of halogens is 5. The molecule has 2 heterocycles. The van der Waals surface area contributed by atoms with Crippen molar-refractivity contribution in [1.29, 1.82) is 0 Å². The molecule has 9 heteroatoms. The van der Waals surface area contributed by atoms with Crippen molar-refractivity contribution in [2.45, 2.75) is 6.18 Å². The van der Waals surface area contributed by atoms with Gasteiger partial charge >= 0.3 is 12.1 Å². The number of aromatic carboxylic acids is 1. The van der Waals surface area contributed by atoms with E-state index in [0.29, 0.717) is 4.52 Å². The number of carboxylic acid groups (broad SMARTS) is 1. The van der Waals surface area contributed by atoms with E-state index in [1.807, 2.05) is 0 Å². The Hall–Kier alpha value is -1.28. The lowest BCUT2D eigenvalue weighted by Crippen LogP contribution is -2.12. The van der Waals surface area contributed by atoms with Crippen LogP contribution in [0.1, 0.15) is 16.2 Å². The maximum absolute atomic E-state index is 12.8. The summed E-state index contributed by atoms with van der Waals surface area (Å²) in [6.45, 7) is 0. The summed E-state index contributed by atoms with van der Waals surface area (Å²) >= 11 is 8.60. The highest BCUT2D eigenvalue weighted by atomic mass is 79.9. The number of rotatable bonds is 1. The lowest BCUT2D eigenvalue weighted by atomic mass is 10.3. The first kappa shape index (κ1) is 13.2. The van der Waals surface area contributed by atoms with Crippen molar-refractivity contribution >= 4 is 39.0 Å². The number of carbonyl (C=O) groups is 1. The number of aromatic nitrogens is 2. The molecule has 0 saturated heterocycles. The van der Waals surface area contributed by atoms with Gasteiger partial charge in [0, 0.05) is 4.47 Å². The summed E-state index contributed by atoms with van der Waals surface area (Å²) in [5.74, 6) is -1.49. The molecular weight excluding hydrogens is 340 g/mol. The third-order valence-electron chi connectivity index (χ3n) is 2.13. The van der Waals surface area contributed by atoms with Crippen LogP contribution in [0.3, 0.4) is 0 Å². The zero-order chi connectivity index (χ0) is 13.7. The molecule has 0 aliphatic rings. The van der Waals surface area contributed by atoms with Gasteiger partial charge in [0.15, 0.2) is 5.69 Å². The number of carboxylic acids is 1. The Morgan fingerprint density at radius 1 is 1.44 bits per heavy atom. The molecular formula is C9H3BrClF3N2O2. The van der Waals surface area contributed by atoms with Gasteiger partial charge in [-0.1, -0.05) is 27.5 Å². The highest BCUT2D eigenvalue weighted by Gasteiger charge is 2.35. The molecule has 0 unspecified atom stereocenters. The number of pyridine rings is 1. The molecule has 4 nitrogen and oxygen atoms in total. The lowest BCUT2D eigenvalue weighted by molar-refractivity contribution is -0.142. The van der Waals surface area contributed by atoms with Gasteiger partial charge in [0.25, 0.3) is 0 Å². The highest BCUT2D eigenvalue weighted by Crippen LogP contribution is 2.34. The van der Waals surface area contributed by atoms with E-state index < -0.39 is 23.5 Å². The molecule has 0 saturated carbocycles. The van der Waals surface area contributed by atoms with Crippen molar-refractivity contribution in [3.63, 3.8) is 0 Å². The molecule has 2 aromatic rings. The molecule has 0 aromatic carbocycles. The second-order valence-corrected chi connectivity index (χ2v) is 4.61. The van der Waals surface area contributed by atoms with E-state index in [-0.39, 0.29) is 15.0 Å². The second-order valence-electron chi connectivity index (χ2n) is 3.32. The third kappa shape index (κ3) is 2.05. The second kappa shape index (κ2) is 4.13. The van der Waals surface area contributed by atoms with Gasteiger partial charge < -0.3 is 5.11 Å². The molecule has 0 bridgehead atoms. The van der Waals surface area contributed by atoms with E-state index in [1.165, 1.54) is 6.07 Å². The van der Waals surface area contributed by atoms with Crippen molar-refractivity contribution in [3.8, 4) is 0 Å². The number of hydrogen-bond donors (Lipinski definition) is 1. The molecule has 0 atom stereocenters. The van der Waals surface area contributed by atoms with Crippen LogP contribution in [-0.2, 0) is 6.18 Å². The fourth-order valence-corrected chi connectivity index (χ4v) is 2.11. The molecule has 0 fully saturated rings. The Labute approximate surface area is 111 Å². The molecule has 2 rings (SSSR count). The van der Waals surface area contributed by atoms with Crippen molar-refractivity contribution < 1.29 is 23.1 Å². The lowest BCUT2D eigenvalue weighted by Gasteiger charge is -2.09. The predicted octanol–water partition coefficient (Wildman–Crippen LogP) is 3.47. The van der Waals surface area contributed by atoms with Crippen LogP contribution in [0, 0.1) is 0 Å². The minimum atomic E-state index is -4.67. The quantitative estimate of drug-likeness (QED) is 0.862. The zero-order valence-electron chi connectivity index (χ0n) is 8.29. The van der Waals surface area contributed by atoms with Gasteiger partial charge in [-0.15, -0.1) is 0 Å². The largest absolute Gasteiger partial charge is 0.476 e. The minimum absolute atomic E-state index is 0.126. The molecule has 1 N–H and O–H groups in total. The van der Waals surface area contributed by atoms with Crippen LogP contribution in [-0.4, -0.2) is 20.7 Å². The van der Waals surface area contributed by atoms with Gasteiger partial charge in [0.1, 0.15) is 10.7 Å². The molecule has 18 heavy (non-hydrogen) atoms. The average molecular weight is 343 g/mol. The molecule has 0 aliphatic carbocycles. The first-order valence-corrected chi connectivity index (χ1v) is 5.57. The summed E-state index contributed by atoms with van der Waals surface area (Å²) in [6, 6.07) is 2.05. The average Bonchev–Trinajstić information content (AvgIpc) is 2.54. The molecule has 96 valence electrons. The number of nitrogens with zero attached hydrogens (tertiary/aromatic N) is 2. The number of alkyl halides is 3. The molecule has 0 radical (unpaired) electrons. The van der Waals surface area contributed by atoms with Crippen molar-refractivity contribution in [2.24, 2.45) is 0 Å². The van der Waals surface area contributed by atoms with E-state index in [2.05, 4.69) is 21.0 Å². The van der Waals surface area contributed by atoms with Crippen LogP contribution in [0.25, 0.3) is 5.52 Å². The Morgan fingerprint density at radius 2 is 2.06 bits per heavy atom. The summed E-state index contributed by atoms with van der Waals surface area (Å²) in [6.07, 6.45) is -4.67. The first-order chi connectivity index (χ1) is 8.21. The topological polar surface area (TPSA) is 54.6 Å². The smallest absolute Gasteiger partial charge is 0.433 e. The summed E-state index contributed by atoms with van der Waals surface area (Å²) < 4.78 is 38.9. The normalized spacial score (nSPS) is 12.1. The van der Waals surface area contributed by atoms with Gasteiger partial charge in [0.05, 0.1) is 5.52 Å². The fraction of sp³-hybridized carbons (Fsp3) is 0.111. The van der Waals surface area contributed by atoms with Gasteiger partial charge in [-0.05, 0) is 12.1 Å². The van der Waals surface area contributed by atoms with Crippen molar-refractivity contribution in [1.82, 2.24) is 9.61 Å². The standard InChI is InChI=1S/C9H3BrClF3N2O2/c10-3-1-4-6(11)7(8(17)18)15-16(4)5(2-3)9(12,13)14/h1-2H,(H,17,18). The van der Waals surface area contributed by atoms with Gasteiger partial charge in [0.2, 0.25) is 0 Å². The predicted molar refractivity (Wildman–Crippen MR) is 59.9 cm³/mol. The van der Waals surface area contributed by atoms with Gasteiger partial charge in [-0.3, -0.25) is 0 Å². The summed E-state index contributed by atoms with van der Waals surface area (Å²) in [5.41, 5.74) is -1.86. The zero-order valence-corrected chi connectivity index (χ0v) is 10.6. The summed E-state index contributed by atoms with van der Waals surface area (Å²) in [4.78, 5) is 10.8. The van der Waals surface area contributed by atoms with Crippen molar-refractivity contribution in [2.75, 3.05) is 0 Å². The van der Waals surface area contributed by atoms with E-state index in [4.69, 9.17) is 16.7 Å². The van der Waals surface area contributed by atoms with Crippen LogP contribution >= 0.6 is 27.5 Å². The van der Waals surface area contributed by atoms with E-state index in [0.717, 1.165) is 6.07 Å². The Bertz CT molecular complexity index is 653. The first-order valence-electron chi connectivity index (χ1n) is 4.40. The third-order valence-corrected chi connectivity index (χ3v) is 2.96. The highest BCUT2D eigenvalue weighted by molar-refractivity contribution is 9.10. The summed E-state index contributed by atoms with van der Waals surface area (Å²) in [5, 5.41) is 11.8. The Kier molecular flexibility index (Phi) is 3.02. The molecule has 0 amide bonds. The molecule has 0 spiro atoms. The number of fused-ring (bicyclic) bond motifs is 1. The van der Waals surface area contributed by atoms with Crippen LogP contribution in [0.2, 0.25) is 5.02 Å². The van der Waals surface area contributed by atoms with Crippen LogP contribution < -0.4 is 0 Å². The van der Waals surface area contributed by atoms with Crippen molar-refractivity contribution in [3.05, 3.63) is 33.0 Å². The molecule has 2 aromatic heterocycles. The maximum Gasteiger partial charge on any atom is 0.433 e. The van der Waals surface area contributed by atoms with Crippen LogP contribution in [0.4, 0.5) is 13.2 Å². The van der Waals surface area contributed by atoms with E-state index in [9.17, 15) is 18.0 Å². The Morgan fingerprint density at radius 3 is 2.56 bits per heavy atom. The fourth-order valence-electron chi connectivity index (χ4n) is 1.42. The van der Waals surface area contributed by atoms with Crippen LogP contribution in [0.5, 0.6) is 0 Å². The van der Waals surface area contributed by atoms with E-state index in [1.54, 1.807) is 0 Å². The SMILES string of the molecule is O=C(O)c1nn2c(C(F)(F)F)cc(Br)cc2c1Cl. The van der Waals surface area contributed by atoms with Crippen LogP contribution in [0.15, 0.2) is 16.6 Å². The summed E-state index contributed by atoms with van der Waals surface area (Å²) in [7, 11) is 0. The Balaban J connectivity index is 2.89. The monoisotopic (exact) mass is 342 g/mol. The number of hydrogen-bond acceptors (Lipinski definition) is 2. The molecule has 0 aliphatic heterocycles. The van der Waals surface area contributed by atoms with E-state index >= 15 is 0 Å². The van der Waals surface area contributed by atoms with Gasteiger partial charge in [-0.25, -0.2) is 9.31 Å². The van der Waals surface area contributed by atoms with Gasteiger partial charge in [-0.2, -0.15) is 18.3 Å².